The van der Waals surface area contributed by atoms with Crippen molar-refractivity contribution in [3.63, 3.8) is 0 Å². The number of nitrogens with zero attached hydrogens (tertiary/aromatic N) is 5. The number of nitrogen functional groups attached to an aromatic ring is 1. The smallest absolute Gasteiger partial charge is 0.418 e. The molecule has 5 heterocycles. The molecule has 0 aliphatic carbocycles. The quantitative estimate of drug-likeness (QED) is 0.169. The Morgan fingerprint density at radius 3 is 1.48 bits per heavy atom. The Morgan fingerprint density at radius 2 is 0.920 bits per heavy atom. The number of halogens is 4. The van der Waals surface area contributed by atoms with Crippen LogP contribution in [0, 0.1) is 13.8 Å². The van der Waals surface area contributed by atoms with Gasteiger partial charge >= 0.3 is 6.18 Å². The summed E-state index contributed by atoms with van der Waals surface area (Å²) in [6.07, 6.45) is 0.768. The number of pyridine rings is 5. The maximum atomic E-state index is 12.8. The van der Waals surface area contributed by atoms with Gasteiger partial charge in [0.1, 0.15) is 40.3 Å². The van der Waals surface area contributed by atoms with E-state index in [2.05, 4.69) is 24.9 Å². The SMILES string of the molecule is C.C.C.C.C.COc1cc(C)nc2c(C(F)(F)F)cccc12.COc1cc(N)nc2cc(C)ccc12.COc1ccc2c(OC)ccnc2c1.COc1ccnc2cc(Cl)ccc12.COc1ccnc2ccccc12. The van der Waals surface area contributed by atoms with Crippen LogP contribution >= 0.6 is 11.6 Å². The summed E-state index contributed by atoms with van der Waals surface area (Å²) in [5, 5.41) is 5.08. The number of anilines is 1. The van der Waals surface area contributed by atoms with E-state index in [1.807, 2.05) is 104 Å². The van der Waals surface area contributed by atoms with Crippen molar-refractivity contribution in [3.05, 3.63) is 168 Å². The van der Waals surface area contributed by atoms with E-state index in [0.29, 0.717) is 27.7 Å². The van der Waals surface area contributed by atoms with Gasteiger partial charge < -0.3 is 34.2 Å². The van der Waals surface area contributed by atoms with E-state index in [4.69, 9.17) is 45.8 Å². The Bertz CT molecular complexity index is 3370. The summed E-state index contributed by atoms with van der Waals surface area (Å²) >= 11 is 5.83. The fourth-order valence-corrected chi connectivity index (χ4v) is 7.32. The van der Waals surface area contributed by atoms with E-state index in [1.165, 1.54) is 13.2 Å². The fourth-order valence-electron chi connectivity index (χ4n) is 7.16. The van der Waals surface area contributed by atoms with Crippen LogP contribution in [0.4, 0.5) is 19.0 Å². The van der Waals surface area contributed by atoms with Crippen LogP contribution < -0.4 is 34.2 Å². The number of aryl methyl sites for hydroxylation is 2. The standard InChI is InChI=1S/C12H10F3NO.C11H12N2O.C11H11NO2.C10H8ClNO.C10H9NO.5CH4/c1-7-6-10(17-2)8-4-3-5-9(11(8)16-7)12(13,14)15;1-7-3-4-8-9(5-7)13-11(12)6-10(8)14-2;1-13-8-3-4-9-10(7-8)12-6-5-11(9)14-2;1-13-10-4-5-12-9-6-7(11)2-3-8(9)10;1-12-10-6-7-11-9-5-3-2-4-8(9)10;;;;;/h3-6H,1-2H3;3-6H,1-2H3,(H2,12,13);3-7H,1-2H3;2-6H,1H3;2-7H,1H3;5*1H4. The highest BCUT2D eigenvalue weighted by Gasteiger charge is 2.33. The summed E-state index contributed by atoms with van der Waals surface area (Å²) in [7, 11) is 9.66. The summed E-state index contributed by atoms with van der Waals surface area (Å²) in [6, 6.07) is 38.0. The van der Waals surface area contributed by atoms with Crippen LogP contribution in [0.25, 0.3) is 54.5 Å². The lowest BCUT2D eigenvalue weighted by atomic mass is 10.1. The molecule has 75 heavy (non-hydrogen) atoms. The molecule has 0 bridgehead atoms. The van der Waals surface area contributed by atoms with Gasteiger partial charge in [-0.25, -0.2) is 4.98 Å². The minimum Gasteiger partial charge on any atom is -0.497 e. The molecule has 0 radical (unpaired) electrons. The Morgan fingerprint density at radius 1 is 0.440 bits per heavy atom. The van der Waals surface area contributed by atoms with Gasteiger partial charge in [0.15, 0.2) is 0 Å². The number of alkyl halides is 3. The predicted octanol–water partition coefficient (Wildman–Crippen LogP) is 16.3. The molecule has 0 fully saturated rings. The minimum atomic E-state index is -4.41. The number of hydrogen-bond acceptors (Lipinski definition) is 12. The van der Waals surface area contributed by atoms with Gasteiger partial charge in [-0.15, -0.1) is 0 Å². The normalized spacial score (nSPS) is 9.92. The highest BCUT2D eigenvalue weighted by atomic mass is 35.5. The second-order valence-corrected chi connectivity index (χ2v) is 15.5. The second-order valence-electron chi connectivity index (χ2n) is 15.0. The van der Waals surface area contributed by atoms with E-state index in [9.17, 15) is 13.2 Å². The third-order valence-electron chi connectivity index (χ3n) is 10.5. The molecule has 10 rings (SSSR count). The lowest BCUT2D eigenvalue weighted by Crippen LogP contribution is -2.07. The highest BCUT2D eigenvalue weighted by Crippen LogP contribution is 2.37. The van der Waals surface area contributed by atoms with Crippen LogP contribution in [-0.4, -0.2) is 67.6 Å². The molecule has 400 valence electrons. The van der Waals surface area contributed by atoms with E-state index >= 15 is 0 Å². The van der Waals surface area contributed by atoms with Gasteiger partial charge in [0.2, 0.25) is 0 Å². The molecule has 0 amide bonds. The van der Waals surface area contributed by atoms with Crippen molar-refractivity contribution in [2.75, 3.05) is 48.4 Å². The largest absolute Gasteiger partial charge is 0.497 e. The van der Waals surface area contributed by atoms with Gasteiger partial charge in [-0.05, 0) is 104 Å². The number of hydrogen-bond donors (Lipinski definition) is 1. The summed E-state index contributed by atoms with van der Waals surface area (Å²) in [5.41, 5.74) is 10.1. The summed E-state index contributed by atoms with van der Waals surface area (Å²) in [4.78, 5) is 20.8. The lowest BCUT2D eigenvalue weighted by molar-refractivity contribution is -0.136. The molecule has 16 heteroatoms. The number of nitrogens with two attached hydrogens (primary N) is 1. The molecule has 12 nitrogen and oxygen atoms in total. The Kier molecular flexibility index (Phi) is 26.0. The van der Waals surface area contributed by atoms with Gasteiger partial charge in [0.05, 0.1) is 75.8 Å². The van der Waals surface area contributed by atoms with Crippen molar-refractivity contribution >= 4 is 71.9 Å². The third-order valence-corrected chi connectivity index (χ3v) is 10.7. The Balaban J connectivity index is 0.000000463. The summed E-state index contributed by atoms with van der Waals surface area (Å²) in [6.45, 7) is 3.66. The molecular formula is C59H70ClF3N6O6. The number of para-hydroxylation sites is 2. The van der Waals surface area contributed by atoms with Crippen molar-refractivity contribution in [2.24, 2.45) is 0 Å². The van der Waals surface area contributed by atoms with E-state index in [1.54, 1.807) is 79.3 Å². The Hall–Kier alpha value is -8.17. The zero-order chi connectivity index (χ0) is 50.4. The maximum Gasteiger partial charge on any atom is 0.418 e. The van der Waals surface area contributed by atoms with Gasteiger partial charge in [0, 0.05) is 74.4 Å². The van der Waals surface area contributed by atoms with Crippen LogP contribution in [0.5, 0.6) is 34.5 Å². The van der Waals surface area contributed by atoms with Gasteiger partial charge in [-0.2, -0.15) is 13.2 Å². The second kappa shape index (κ2) is 30.1. The van der Waals surface area contributed by atoms with Crippen molar-refractivity contribution in [1.82, 2.24) is 24.9 Å². The molecule has 0 aliphatic rings. The molecule has 2 N–H and O–H groups in total. The zero-order valence-corrected chi connectivity index (χ0v) is 40.4. The van der Waals surface area contributed by atoms with Crippen molar-refractivity contribution in [2.45, 2.75) is 57.2 Å². The molecule has 0 spiro atoms. The van der Waals surface area contributed by atoms with Crippen LogP contribution in [0.15, 0.2) is 146 Å². The van der Waals surface area contributed by atoms with Crippen LogP contribution in [0.1, 0.15) is 54.0 Å². The topological polar surface area (TPSA) is 146 Å². The first-order chi connectivity index (χ1) is 33.7. The molecule has 0 atom stereocenters. The molecule has 0 saturated carbocycles. The summed E-state index contributed by atoms with van der Waals surface area (Å²) < 4.78 is 69.4. The van der Waals surface area contributed by atoms with Crippen LogP contribution in [0.3, 0.4) is 0 Å². The number of methoxy groups -OCH3 is 6. The van der Waals surface area contributed by atoms with E-state index < -0.39 is 11.7 Å². The Labute approximate surface area is 444 Å². The van der Waals surface area contributed by atoms with Crippen molar-refractivity contribution in [1.29, 1.82) is 0 Å². The number of rotatable bonds is 6. The number of fused-ring (bicyclic) bond motifs is 5. The minimum absolute atomic E-state index is 0. The molecular weight excluding hydrogens is 981 g/mol. The molecule has 5 aromatic carbocycles. The zero-order valence-electron chi connectivity index (χ0n) is 39.6. The summed E-state index contributed by atoms with van der Waals surface area (Å²) in [5.74, 6) is 4.99. The molecule has 0 saturated heterocycles. The molecule has 10 aromatic rings. The fraction of sp³-hybridized carbons (Fsp3) is 0.237. The maximum absolute atomic E-state index is 12.8. The average Bonchev–Trinajstić information content (AvgIpc) is 3.37. The number of aromatic nitrogens is 5. The number of benzene rings is 5. The van der Waals surface area contributed by atoms with Crippen LogP contribution in [0.2, 0.25) is 5.02 Å². The lowest BCUT2D eigenvalue weighted by Gasteiger charge is -2.12. The number of ether oxygens (including phenoxy) is 6. The average molecular weight is 1050 g/mol. The highest BCUT2D eigenvalue weighted by molar-refractivity contribution is 6.31. The van der Waals surface area contributed by atoms with Crippen LogP contribution in [-0.2, 0) is 6.18 Å². The monoisotopic (exact) mass is 1050 g/mol. The van der Waals surface area contributed by atoms with E-state index in [-0.39, 0.29) is 42.6 Å². The molecule has 5 aromatic heterocycles. The van der Waals surface area contributed by atoms with Gasteiger partial charge in [-0.1, -0.05) is 73.0 Å². The van der Waals surface area contributed by atoms with Gasteiger partial charge in [-0.3, -0.25) is 19.9 Å². The first-order valence-electron chi connectivity index (χ1n) is 21.4. The molecule has 0 aliphatic heterocycles. The third kappa shape index (κ3) is 16.4. The van der Waals surface area contributed by atoms with Gasteiger partial charge in [0.25, 0.3) is 0 Å². The van der Waals surface area contributed by atoms with Crippen molar-refractivity contribution < 1.29 is 41.6 Å². The van der Waals surface area contributed by atoms with E-state index in [0.717, 1.165) is 84.0 Å². The molecule has 0 unspecified atom stereocenters. The first-order valence-corrected chi connectivity index (χ1v) is 21.7. The van der Waals surface area contributed by atoms with Crippen molar-refractivity contribution in [3.8, 4) is 34.5 Å². The predicted molar refractivity (Wildman–Crippen MR) is 306 cm³/mol. The first kappa shape index (κ1) is 64.8.